The summed E-state index contributed by atoms with van der Waals surface area (Å²) in [5.41, 5.74) is 1.07. The summed E-state index contributed by atoms with van der Waals surface area (Å²) in [6.45, 7) is 3.37. The lowest BCUT2D eigenvalue weighted by Crippen LogP contribution is -2.36. The van der Waals surface area contributed by atoms with Crippen LogP contribution >= 0.6 is 0 Å². The molecule has 0 spiro atoms. The van der Waals surface area contributed by atoms with Crippen LogP contribution in [0.25, 0.3) is 0 Å². The summed E-state index contributed by atoms with van der Waals surface area (Å²) >= 11 is 0. The van der Waals surface area contributed by atoms with Gasteiger partial charge in [-0.15, -0.1) is 0 Å². The largest absolute Gasteiger partial charge is 0.337 e. The number of sulfonamides is 1. The molecule has 0 amide bonds. The molecule has 22 heavy (non-hydrogen) atoms. The minimum Gasteiger partial charge on any atom is -0.337 e. The molecule has 118 valence electrons. The van der Waals surface area contributed by atoms with Gasteiger partial charge >= 0.3 is 0 Å². The van der Waals surface area contributed by atoms with E-state index in [1.165, 1.54) is 0 Å². The Balaban J connectivity index is 1.75. The summed E-state index contributed by atoms with van der Waals surface area (Å²) in [6, 6.07) is 7.19. The SMILES string of the molecule is Cc1ccc(S(=O)(=O)N2CCC[C@H]2CCn2ccnc2)cc1. The molecule has 2 aromatic rings. The Morgan fingerprint density at radius 3 is 2.73 bits per heavy atom. The van der Waals surface area contributed by atoms with E-state index < -0.39 is 10.0 Å². The highest BCUT2D eigenvalue weighted by molar-refractivity contribution is 7.89. The molecule has 0 saturated carbocycles. The van der Waals surface area contributed by atoms with Gasteiger partial charge in [0.05, 0.1) is 11.2 Å². The van der Waals surface area contributed by atoms with Crippen LogP contribution in [-0.4, -0.2) is 34.9 Å². The van der Waals surface area contributed by atoms with Gasteiger partial charge in [-0.25, -0.2) is 13.4 Å². The molecule has 3 rings (SSSR count). The van der Waals surface area contributed by atoms with Crippen LogP contribution in [0.2, 0.25) is 0 Å². The predicted octanol–water partition coefficient (Wildman–Crippen LogP) is 2.43. The topological polar surface area (TPSA) is 55.2 Å². The molecule has 0 radical (unpaired) electrons. The molecule has 2 heterocycles. The van der Waals surface area contributed by atoms with Crippen LogP contribution < -0.4 is 0 Å². The van der Waals surface area contributed by atoms with Gasteiger partial charge in [0.2, 0.25) is 10.0 Å². The lowest BCUT2D eigenvalue weighted by atomic mass is 10.1. The lowest BCUT2D eigenvalue weighted by molar-refractivity contribution is 0.356. The summed E-state index contributed by atoms with van der Waals surface area (Å²) in [6.07, 6.45) is 8.11. The second-order valence-electron chi connectivity index (χ2n) is 5.81. The average Bonchev–Trinajstić information content (AvgIpc) is 3.17. The van der Waals surface area contributed by atoms with Crippen molar-refractivity contribution in [3.8, 4) is 0 Å². The van der Waals surface area contributed by atoms with Crippen molar-refractivity contribution in [3.05, 3.63) is 48.5 Å². The molecule has 1 aliphatic heterocycles. The van der Waals surface area contributed by atoms with Crippen LogP contribution in [0, 0.1) is 6.92 Å². The minimum absolute atomic E-state index is 0.0775. The number of benzene rings is 1. The number of nitrogens with zero attached hydrogens (tertiary/aromatic N) is 3. The van der Waals surface area contributed by atoms with E-state index in [0.29, 0.717) is 11.4 Å². The molecule has 0 bridgehead atoms. The van der Waals surface area contributed by atoms with Crippen molar-refractivity contribution in [3.63, 3.8) is 0 Å². The van der Waals surface area contributed by atoms with Crippen LogP contribution in [0.5, 0.6) is 0 Å². The maximum absolute atomic E-state index is 12.8. The van der Waals surface area contributed by atoms with E-state index in [4.69, 9.17) is 0 Å². The maximum Gasteiger partial charge on any atom is 0.243 e. The van der Waals surface area contributed by atoms with Gasteiger partial charge in [-0.3, -0.25) is 0 Å². The van der Waals surface area contributed by atoms with Crippen LogP contribution in [0.1, 0.15) is 24.8 Å². The zero-order chi connectivity index (χ0) is 15.6. The van der Waals surface area contributed by atoms with Crippen molar-refractivity contribution < 1.29 is 8.42 Å². The molecular formula is C16H21N3O2S. The number of imidazole rings is 1. The van der Waals surface area contributed by atoms with Crippen molar-refractivity contribution >= 4 is 10.0 Å². The van der Waals surface area contributed by atoms with Crippen molar-refractivity contribution in [1.82, 2.24) is 13.9 Å². The van der Waals surface area contributed by atoms with Gasteiger partial charge in [0, 0.05) is 31.5 Å². The number of aryl methyl sites for hydroxylation is 2. The third kappa shape index (κ3) is 3.08. The van der Waals surface area contributed by atoms with Gasteiger partial charge < -0.3 is 4.57 Å². The molecule has 0 aliphatic carbocycles. The zero-order valence-electron chi connectivity index (χ0n) is 12.7. The first-order valence-electron chi connectivity index (χ1n) is 7.61. The Hall–Kier alpha value is -1.66. The number of hydrogen-bond acceptors (Lipinski definition) is 3. The fourth-order valence-electron chi connectivity index (χ4n) is 2.98. The van der Waals surface area contributed by atoms with E-state index in [2.05, 4.69) is 4.98 Å². The molecule has 1 atom stereocenters. The van der Waals surface area contributed by atoms with E-state index in [-0.39, 0.29) is 6.04 Å². The Morgan fingerprint density at radius 2 is 2.05 bits per heavy atom. The highest BCUT2D eigenvalue weighted by Gasteiger charge is 2.34. The molecule has 0 unspecified atom stereocenters. The van der Waals surface area contributed by atoms with Crippen molar-refractivity contribution in [2.24, 2.45) is 0 Å². The standard InChI is InChI=1S/C16H21N3O2S/c1-14-4-6-16(7-5-14)22(20,21)19-10-2-3-15(19)8-11-18-12-9-17-13-18/h4-7,9,12-13,15H,2-3,8,10-11H2,1H3/t15-/m0/s1. The van der Waals surface area contributed by atoms with Crippen molar-refractivity contribution in [1.29, 1.82) is 0 Å². The summed E-state index contributed by atoms with van der Waals surface area (Å²) in [7, 11) is -3.39. The van der Waals surface area contributed by atoms with Crippen LogP contribution in [-0.2, 0) is 16.6 Å². The van der Waals surface area contributed by atoms with Gasteiger partial charge in [0.1, 0.15) is 0 Å². The van der Waals surface area contributed by atoms with E-state index in [1.807, 2.05) is 29.8 Å². The summed E-state index contributed by atoms with van der Waals surface area (Å²) < 4.78 is 29.3. The molecule has 1 aromatic heterocycles. The molecule has 6 heteroatoms. The minimum atomic E-state index is -3.39. The summed E-state index contributed by atoms with van der Waals surface area (Å²) in [4.78, 5) is 4.42. The highest BCUT2D eigenvalue weighted by Crippen LogP contribution is 2.28. The van der Waals surface area contributed by atoms with Gasteiger partial charge in [-0.2, -0.15) is 4.31 Å². The molecule has 0 N–H and O–H groups in total. The third-order valence-electron chi connectivity index (χ3n) is 4.23. The first-order valence-corrected chi connectivity index (χ1v) is 9.05. The zero-order valence-corrected chi connectivity index (χ0v) is 13.5. The monoisotopic (exact) mass is 319 g/mol. The first-order chi connectivity index (χ1) is 10.6. The van der Waals surface area contributed by atoms with Gasteiger partial charge in [0.25, 0.3) is 0 Å². The lowest BCUT2D eigenvalue weighted by Gasteiger charge is -2.24. The van der Waals surface area contributed by atoms with E-state index in [9.17, 15) is 8.42 Å². The van der Waals surface area contributed by atoms with Crippen molar-refractivity contribution in [2.45, 2.75) is 43.7 Å². The number of aromatic nitrogens is 2. The summed E-state index contributed by atoms with van der Waals surface area (Å²) in [5.74, 6) is 0. The second kappa shape index (κ2) is 6.22. The predicted molar refractivity (Wildman–Crippen MR) is 84.9 cm³/mol. The normalized spacial score (nSPS) is 19.6. The molecule has 1 fully saturated rings. The van der Waals surface area contributed by atoms with E-state index >= 15 is 0 Å². The molecular weight excluding hydrogens is 298 g/mol. The van der Waals surface area contributed by atoms with E-state index in [0.717, 1.165) is 31.4 Å². The first kappa shape index (κ1) is 15.2. The molecule has 1 saturated heterocycles. The molecule has 5 nitrogen and oxygen atoms in total. The average molecular weight is 319 g/mol. The molecule has 1 aliphatic rings. The van der Waals surface area contributed by atoms with Gasteiger partial charge in [0.15, 0.2) is 0 Å². The maximum atomic E-state index is 12.8. The quantitative estimate of drug-likeness (QED) is 0.850. The van der Waals surface area contributed by atoms with E-state index in [1.54, 1.807) is 29.0 Å². The van der Waals surface area contributed by atoms with Crippen LogP contribution in [0.3, 0.4) is 0 Å². The van der Waals surface area contributed by atoms with Crippen molar-refractivity contribution in [2.75, 3.05) is 6.54 Å². The van der Waals surface area contributed by atoms with Crippen LogP contribution in [0.4, 0.5) is 0 Å². The Morgan fingerprint density at radius 1 is 1.27 bits per heavy atom. The smallest absolute Gasteiger partial charge is 0.243 e. The number of hydrogen-bond donors (Lipinski definition) is 0. The fraction of sp³-hybridized carbons (Fsp3) is 0.438. The highest BCUT2D eigenvalue weighted by atomic mass is 32.2. The molecule has 1 aromatic carbocycles. The Bertz CT molecular complexity index is 708. The third-order valence-corrected chi connectivity index (χ3v) is 6.20. The Kier molecular flexibility index (Phi) is 4.31. The van der Waals surface area contributed by atoms with Crippen LogP contribution in [0.15, 0.2) is 47.9 Å². The number of rotatable bonds is 5. The van der Waals surface area contributed by atoms with Gasteiger partial charge in [-0.1, -0.05) is 17.7 Å². The second-order valence-corrected chi connectivity index (χ2v) is 7.70. The Labute approximate surface area is 131 Å². The summed E-state index contributed by atoms with van der Waals surface area (Å²) in [5, 5.41) is 0. The fourth-order valence-corrected chi connectivity index (χ4v) is 4.70. The van der Waals surface area contributed by atoms with Gasteiger partial charge in [-0.05, 0) is 38.3 Å².